The summed E-state index contributed by atoms with van der Waals surface area (Å²) in [6, 6.07) is 16.0. The summed E-state index contributed by atoms with van der Waals surface area (Å²) in [5.74, 6) is 0.137. The first-order chi connectivity index (χ1) is 12.5. The Morgan fingerprint density at radius 1 is 0.923 bits per heavy atom. The number of piperazine rings is 1. The average molecular weight is 352 g/mol. The molecule has 0 aromatic heterocycles. The smallest absolute Gasteiger partial charge is 0.224 e. The summed E-state index contributed by atoms with van der Waals surface area (Å²) in [6.45, 7) is 9.54. The molecule has 4 heteroatoms. The molecule has 1 aliphatic heterocycles. The van der Waals surface area contributed by atoms with Crippen LogP contribution < -0.4 is 5.43 Å². The Bertz CT molecular complexity index is 782. The first-order valence-electron chi connectivity index (χ1n) is 9.37. The number of rotatable bonds is 5. The molecule has 1 fully saturated rings. The maximum absolute atomic E-state index is 12.4. The molecule has 0 amide bonds. The number of hydrogen-bond donors (Lipinski definition) is 1. The van der Waals surface area contributed by atoms with Crippen LogP contribution in [-0.2, 0) is 13.1 Å². The minimum atomic E-state index is -0.247. The molecule has 4 nitrogen and oxygen atoms in total. The highest BCUT2D eigenvalue weighted by Crippen LogP contribution is 2.17. The van der Waals surface area contributed by atoms with Crippen LogP contribution in [-0.4, -0.2) is 41.1 Å². The van der Waals surface area contributed by atoms with E-state index in [-0.39, 0.29) is 17.1 Å². The normalized spacial score (nSPS) is 16.1. The Morgan fingerprint density at radius 3 is 2.15 bits per heavy atom. The Hall–Kier alpha value is -2.17. The van der Waals surface area contributed by atoms with Gasteiger partial charge in [0.2, 0.25) is 5.43 Å². The van der Waals surface area contributed by atoms with E-state index in [1.54, 1.807) is 6.07 Å². The summed E-state index contributed by atoms with van der Waals surface area (Å²) in [6.07, 6.45) is 0. The summed E-state index contributed by atoms with van der Waals surface area (Å²) in [5, 5.41) is 10.1. The van der Waals surface area contributed by atoms with Gasteiger partial charge in [0.1, 0.15) is 0 Å². The van der Waals surface area contributed by atoms with Gasteiger partial charge in [0.25, 0.3) is 0 Å². The zero-order valence-corrected chi connectivity index (χ0v) is 15.7. The van der Waals surface area contributed by atoms with E-state index in [1.807, 2.05) is 18.2 Å². The van der Waals surface area contributed by atoms with Gasteiger partial charge in [-0.3, -0.25) is 14.6 Å². The van der Waals surface area contributed by atoms with Crippen molar-refractivity contribution in [1.82, 2.24) is 9.80 Å². The van der Waals surface area contributed by atoms with E-state index in [0.717, 1.165) is 38.3 Å². The topological polar surface area (TPSA) is 43.8 Å². The molecule has 0 spiro atoms. The highest BCUT2D eigenvalue weighted by atomic mass is 16.3. The Kier molecular flexibility index (Phi) is 6.07. The second-order valence-corrected chi connectivity index (χ2v) is 7.41. The number of aromatic hydroxyl groups is 1. The van der Waals surface area contributed by atoms with Crippen LogP contribution >= 0.6 is 0 Å². The number of hydrogen-bond acceptors (Lipinski definition) is 4. The van der Waals surface area contributed by atoms with Crippen LogP contribution in [0, 0.1) is 0 Å². The van der Waals surface area contributed by atoms with E-state index >= 15 is 0 Å². The van der Waals surface area contributed by atoms with Crippen molar-refractivity contribution in [3.63, 3.8) is 0 Å². The summed E-state index contributed by atoms with van der Waals surface area (Å²) in [7, 11) is 0. The molecule has 2 aromatic carbocycles. The minimum Gasteiger partial charge on any atom is -0.504 e. The molecule has 0 aliphatic carbocycles. The minimum absolute atomic E-state index is 0.142. The lowest BCUT2D eigenvalue weighted by atomic mass is 10.1. The van der Waals surface area contributed by atoms with Crippen LogP contribution in [0.2, 0.25) is 0 Å². The molecule has 0 unspecified atom stereocenters. The fraction of sp³-hybridized carbons (Fsp3) is 0.409. The van der Waals surface area contributed by atoms with Crippen molar-refractivity contribution in [1.29, 1.82) is 0 Å². The summed E-state index contributed by atoms with van der Waals surface area (Å²) < 4.78 is 0. The molecular weight excluding hydrogens is 324 g/mol. The van der Waals surface area contributed by atoms with E-state index in [1.165, 1.54) is 5.56 Å². The van der Waals surface area contributed by atoms with Gasteiger partial charge in [0.15, 0.2) is 5.75 Å². The van der Waals surface area contributed by atoms with Crippen LogP contribution in [0.3, 0.4) is 0 Å². The van der Waals surface area contributed by atoms with Gasteiger partial charge in [-0.2, -0.15) is 0 Å². The average Bonchev–Trinajstić information content (AvgIpc) is 2.78. The summed E-state index contributed by atoms with van der Waals surface area (Å²) in [4.78, 5) is 17.2. The van der Waals surface area contributed by atoms with Gasteiger partial charge in [-0.05, 0) is 23.1 Å². The van der Waals surface area contributed by atoms with Gasteiger partial charge in [0, 0.05) is 44.8 Å². The van der Waals surface area contributed by atoms with Crippen LogP contribution in [0.1, 0.15) is 36.5 Å². The maximum Gasteiger partial charge on any atom is 0.224 e. The van der Waals surface area contributed by atoms with E-state index in [4.69, 9.17) is 0 Å². The van der Waals surface area contributed by atoms with Gasteiger partial charge in [-0.1, -0.05) is 56.3 Å². The van der Waals surface area contributed by atoms with E-state index in [9.17, 15) is 9.90 Å². The van der Waals surface area contributed by atoms with E-state index in [0.29, 0.717) is 12.1 Å². The molecular formula is C22H28N2O2. The molecule has 3 rings (SSSR count). The van der Waals surface area contributed by atoms with E-state index < -0.39 is 0 Å². The predicted octanol–water partition coefficient (Wildman–Crippen LogP) is 3.19. The summed E-state index contributed by atoms with van der Waals surface area (Å²) >= 11 is 0. The lowest BCUT2D eigenvalue weighted by Crippen LogP contribution is -2.45. The number of nitrogens with zero attached hydrogens (tertiary/aromatic N) is 2. The van der Waals surface area contributed by atoms with Crippen LogP contribution in [0.5, 0.6) is 5.75 Å². The zero-order chi connectivity index (χ0) is 18.5. The van der Waals surface area contributed by atoms with Gasteiger partial charge in [-0.15, -0.1) is 0 Å². The van der Waals surface area contributed by atoms with Crippen molar-refractivity contribution in [3.8, 4) is 5.75 Å². The van der Waals surface area contributed by atoms with Crippen molar-refractivity contribution in [2.45, 2.75) is 32.9 Å². The van der Waals surface area contributed by atoms with Crippen molar-refractivity contribution >= 4 is 0 Å². The second-order valence-electron chi connectivity index (χ2n) is 7.41. The molecule has 1 saturated heterocycles. The molecule has 0 radical (unpaired) electrons. The molecule has 0 saturated carbocycles. The molecule has 1 N–H and O–H groups in total. The molecule has 1 aliphatic rings. The highest BCUT2D eigenvalue weighted by molar-refractivity contribution is 5.32. The maximum atomic E-state index is 12.4. The molecule has 0 bridgehead atoms. The monoisotopic (exact) mass is 352 g/mol. The number of benzene rings is 1. The van der Waals surface area contributed by atoms with Gasteiger partial charge >= 0.3 is 0 Å². The first-order valence-corrected chi connectivity index (χ1v) is 9.37. The highest BCUT2D eigenvalue weighted by Gasteiger charge is 2.18. The van der Waals surface area contributed by atoms with Crippen molar-refractivity contribution in [2.24, 2.45) is 0 Å². The SMILES string of the molecule is CC(C)c1ccc(CN2CCN(Cc3ccccc3)CC2)c(=O)c(O)c1. The van der Waals surface area contributed by atoms with Crippen molar-refractivity contribution < 1.29 is 5.11 Å². The van der Waals surface area contributed by atoms with Crippen LogP contribution in [0.4, 0.5) is 0 Å². The Morgan fingerprint density at radius 2 is 1.54 bits per heavy atom. The molecule has 2 aromatic rings. The van der Waals surface area contributed by atoms with Crippen molar-refractivity contribution in [3.05, 3.63) is 75.4 Å². The second kappa shape index (κ2) is 8.47. The third-order valence-electron chi connectivity index (χ3n) is 5.08. The lowest BCUT2D eigenvalue weighted by Gasteiger charge is -2.34. The standard InChI is InChI=1S/C22H28N2O2/c1-17(2)19-8-9-20(22(26)21(25)14-19)16-24-12-10-23(11-13-24)15-18-6-4-3-5-7-18/h3-9,14,17H,10-13,15-16H2,1-2H3,(H,25,26). The quantitative estimate of drug-likeness (QED) is 0.897. The van der Waals surface area contributed by atoms with Gasteiger partial charge in [-0.25, -0.2) is 0 Å². The molecule has 26 heavy (non-hydrogen) atoms. The molecule has 0 atom stereocenters. The van der Waals surface area contributed by atoms with Gasteiger partial charge < -0.3 is 5.11 Å². The zero-order valence-electron chi connectivity index (χ0n) is 15.7. The lowest BCUT2D eigenvalue weighted by molar-refractivity contribution is 0.122. The van der Waals surface area contributed by atoms with Crippen molar-refractivity contribution in [2.75, 3.05) is 26.2 Å². The predicted molar refractivity (Wildman–Crippen MR) is 105 cm³/mol. The fourth-order valence-corrected chi connectivity index (χ4v) is 3.38. The van der Waals surface area contributed by atoms with E-state index in [2.05, 4.69) is 47.9 Å². The van der Waals surface area contributed by atoms with Crippen LogP contribution in [0.15, 0.2) is 53.3 Å². The largest absolute Gasteiger partial charge is 0.504 e. The third kappa shape index (κ3) is 4.71. The summed E-state index contributed by atoms with van der Waals surface area (Å²) in [5.41, 5.74) is 2.75. The fourth-order valence-electron chi connectivity index (χ4n) is 3.38. The molecule has 138 valence electrons. The van der Waals surface area contributed by atoms with Gasteiger partial charge in [0.05, 0.1) is 0 Å². The Labute approximate surface area is 155 Å². The molecule has 1 heterocycles. The first kappa shape index (κ1) is 18.6. The third-order valence-corrected chi connectivity index (χ3v) is 5.08. The van der Waals surface area contributed by atoms with Crippen LogP contribution in [0.25, 0.3) is 0 Å². The Balaban J connectivity index is 1.62.